The lowest BCUT2D eigenvalue weighted by Gasteiger charge is -2.18. The SMILES string of the molecule is CCn1ccc(CNC(CC(C)C)C(=O)NC)c1. The normalized spacial score (nSPS) is 12.7. The van der Waals surface area contributed by atoms with Gasteiger partial charge < -0.3 is 15.2 Å². The van der Waals surface area contributed by atoms with Crippen LogP contribution < -0.4 is 10.6 Å². The monoisotopic (exact) mass is 251 g/mol. The van der Waals surface area contributed by atoms with E-state index in [1.807, 2.05) is 0 Å². The first-order valence-corrected chi connectivity index (χ1v) is 6.66. The molecule has 1 heterocycles. The summed E-state index contributed by atoms with van der Waals surface area (Å²) in [6.45, 7) is 8.09. The van der Waals surface area contributed by atoms with Gasteiger partial charge in [0.2, 0.25) is 5.91 Å². The number of aromatic nitrogens is 1. The number of hydrogen-bond acceptors (Lipinski definition) is 2. The molecule has 0 aromatic carbocycles. The van der Waals surface area contributed by atoms with Gasteiger partial charge in [-0.15, -0.1) is 0 Å². The average molecular weight is 251 g/mol. The van der Waals surface area contributed by atoms with Crippen LogP contribution in [0, 0.1) is 5.92 Å². The van der Waals surface area contributed by atoms with E-state index in [-0.39, 0.29) is 11.9 Å². The second-order valence-corrected chi connectivity index (χ2v) is 5.03. The molecule has 0 spiro atoms. The Morgan fingerprint density at radius 2 is 2.17 bits per heavy atom. The van der Waals surface area contributed by atoms with Crippen molar-refractivity contribution in [2.75, 3.05) is 7.05 Å². The Balaban J connectivity index is 2.52. The molecule has 18 heavy (non-hydrogen) atoms. The van der Waals surface area contributed by atoms with Crippen LogP contribution in [0.4, 0.5) is 0 Å². The molecular weight excluding hydrogens is 226 g/mol. The van der Waals surface area contributed by atoms with Gasteiger partial charge >= 0.3 is 0 Å². The summed E-state index contributed by atoms with van der Waals surface area (Å²) in [5.41, 5.74) is 1.22. The molecule has 1 amide bonds. The van der Waals surface area contributed by atoms with Gasteiger partial charge in [-0.2, -0.15) is 0 Å². The van der Waals surface area contributed by atoms with Crippen LogP contribution in [0.15, 0.2) is 18.5 Å². The minimum Gasteiger partial charge on any atom is -0.358 e. The summed E-state index contributed by atoms with van der Waals surface area (Å²) in [4.78, 5) is 11.8. The second-order valence-electron chi connectivity index (χ2n) is 5.03. The van der Waals surface area contributed by atoms with E-state index in [0.29, 0.717) is 5.92 Å². The van der Waals surface area contributed by atoms with Gasteiger partial charge in [0.05, 0.1) is 6.04 Å². The van der Waals surface area contributed by atoms with E-state index in [9.17, 15) is 4.79 Å². The quantitative estimate of drug-likeness (QED) is 0.775. The van der Waals surface area contributed by atoms with Gasteiger partial charge in [0.25, 0.3) is 0 Å². The highest BCUT2D eigenvalue weighted by Crippen LogP contribution is 2.07. The number of carbonyl (C=O) groups excluding carboxylic acids is 1. The van der Waals surface area contributed by atoms with Crippen LogP contribution in [0.2, 0.25) is 0 Å². The molecule has 1 aromatic rings. The molecule has 4 nitrogen and oxygen atoms in total. The van der Waals surface area contributed by atoms with Gasteiger partial charge in [0.15, 0.2) is 0 Å². The Hall–Kier alpha value is -1.29. The highest BCUT2D eigenvalue weighted by molar-refractivity contribution is 5.81. The lowest BCUT2D eigenvalue weighted by atomic mass is 10.0. The van der Waals surface area contributed by atoms with Crippen molar-refractivity contribution >= 4 is 5.91 Å². The summed E-state index contributed by atoms with van der Waals surface area (Å²) in [5, 5.41) is 6.05. The van der Waals surface area contributed by atoms with Gasteiger partial charge in [-0.05, 0) is 30.9 Å². The molecule has 0 bridgehead atoms. The van der Waals surface area contributed by atoms with E-state index < -0.39 is 0 Å². The van der Waals surface area contributed by atoms with E-state index in [2.05, 4.69) is 54.4 Å². The molecule has 0 fully saturated rings. The van der Waals surface area contributed by atoms with Crippen molar-refractivity contribution in [2.24, 2.45) is 5.92 Å². The molecule has 1 rings (SSSR count). The average Bonchev–Trinajstić information content (AvgIpc) is 2.81. The van der Waals surface area contributed by atoms with Crippen molar-refractivity contribution in [3.63, 3.8) is 0 Å². The number of nitrogens with zero attached hydrogens (tertiary/aromatic N) is 1. The number of rotatable bonds is 7. The fourth-order valence-electron chi connectivity index (χ4n) is 1.96. The predicted molar refractivity (Wildman–Crippen MR) is 74.3 cm³/mol. The van der Waals surface area contributed by atoms with Gasteiger partial charge in [-0.25, -0.2) is 0 Å². The predicted octanol–water partition coefficient (Wildman–Crippen LogP) is 1.76. The summed E-state index contributed by atoms with van der Waals surface area (Å²) in [6.07, 6.45) is 5.03. The molecule has 0 saturated carbocycles. The zero-order valence-corrected chi connectivity index (χ0v) is 11.9. The van der Waals surface area contributed by atoms with Crippen LogP contribution in [-0.4, -0.2) is 23.6 Å². The third kappa shape index (κ3) is 4.53. The Morgan fingerprint density at radius 3 is 2.67 bits per heavy atom. The van der Waals surface area contributed by atoms with E-state index in [1.165, 1.54) is 5.56 Å². The molecule has 1 aromatic heterocycles. The summed E-state index contributed by atoms with van der Waals surface area (Å²) in [6, 6.07) is 1.98. The smallest absolute Gasteiger partial charge is 0.236 e. The van der Waals surface area contributed by atoms with E-state index in [0.717, 1.165) is 19.5 Å². The Kier molecular flexibility index (Phi) is 5.92. The highest BCUT2D eigenvalue weighted by atomic mass is 16.2. The second kappa shape index (κ2) is 7.21. The first-order valence-electron chi connectivity index (χ1n) is 6.66. The van der Waals surface area contributed by atoms with E-state index >= 15 is 0 Å². The first kappa shape index (κ1) is 14.8. The molecule has 4 heteroatoms. The largest absolute Gasteiger partial charge is 0.358 e. The number of aryl methyl sites for hydroxylation is 1. The standard InChI is InChI=1S/C14H25N3O/c1-5-17-7-6-12(10-17)9-16-13(8-11(2)3)14(18)15-4/h6-7,10-11,13,16H,5,8-9H2,1-4H3,(H,15,18). The summed E-state index contributed by atoms with van der Waals surface area (Å²) >= 11 is 0. The van der Waals surface area contributed by atoms with Crippen molar-refractivity contribution in [1.82, 2.24) is 15.2 Å². The molecule has 1 unspecified atom stereocenters. The third-order valence-electron chi connectivity index (χ3n) is 3.00. The fraction of sp³-hybridized carbons (Fsp3) is 0.643. The molecule has 0 aliphatic rings. The Labute approximate surface area is 110 Å². The molecule has 0 aliphatic carbocycles. The lowest BCUT2D eigenvalue weighted by molar-refractivity contribution is -0.123. The zero-order valence-electron chi connectivity index (χ0n) is 11.9. The van der Waals surface area contributed by atoms with Crippen molar-refractivity contribution < 1.29 is 4.79 Å². The number of likely N-dealkylation sites (N-methyl/N-ethyl adjacent to an activating group) is 1. The van der Waals surface area contributed by atoms with Gasteiger partial charge in [0, 0.05) is 32.5 Å². The van der Waals surface area contributed by atoms with Gasteiger partial charge in [-0.1, -0.05) is 13.8 Å². The molecule has 0 radical (unpaired) electrons. The van der Waals surface area contributed by atoms with Gasteiger partial charge in [-0.3, -0.25) is 4.79 Å². The van der Waals surface area contributed by atoms with Crippen LogP contribution in [0.25, 0.3) is 0 Å². The van der Waals surface area contributed by atoms with Crippen LogP contribution in [0.1, 0.15) is 32.8 Å². The van der Waals surface area contributed by atoms with Gasteiger partial charge in [0.1, 0.15) is 0 Å². The third-order valence-corrected chi connectivity index (χ3v) is 3.00. The molecule has 0 aliphatic heterocycles. The maximum Gasteiger partial charge on any atom is 0.236 e. The number of hydrogen-bond donors (Lipinski definition) is 2. The Bertz CT molecular complexity index is 371. The molecular formula is C14H25N3O. The summed E-state index contributed by atoms with van der Waals surface area (Å²) in [7, 11) is 1.69. The van der Waals surface area contributed by atoms with Crippen molar-refractivity contribution in [2.45, 2.75) is 46.3 Å². The lowest BCUT2D eigenvalue weighted by Crippen LogP contribution is -2.43. The number of amides is 1. The van der Waals surface area contributed by atoms with Crippen LogP contribution in [0.5, 0.6) is 0 Å². The zero-order chi connectivity index (χ0) is 13.5. The maximum absolute atomic E-state index is 11.8. The van der Waals surface area contributed by atoms with Crippen molar-refractivity contribution in [3.05, 3.63) is 24.0 Å². The summed E-state index contributed by atoms with van der Waals surface area (Å²) < 4.78 is 2.13. The first-order chi connectivity index (χ1) is 8.56. The highest BCUT2D eigenvalue weighted by Gasteiger charge is 2.17. The van der Waals surface area contributed by atoms with Crippen molar-refractivity contribution in [1.29, 1.82) is 0 Å². The minimum absolute atomic E-state index is 0.0682. The van der Waals surface area contributed by atoms with Crippen LogP contribution in [0.3, 0.4) is 0 Å². The van der Waals surface area contributed by atoms with Crippen molar-refractivity contribution in [3.8, 4) is 0 Å². The number of carbonyl (C=O) groups is 1. The van der Waals surface area contributed by atoms with E-state index in [4.69, 9.17) is 0 Å². The van der Waals surface area contributed by atoms with Crippen LogP contribution >= 0.6 is 0 Å². The molecule has 2 N–H and O–H groups in total. The number of nitrogens with one attached hydrogen (secondary N) is 2. The minimum atomic E-state index is -0.111. The maximum atomic E-state index is 11.8. The molecule has 102 valence electrons. The topological polar surface area (TPSA) is 46.1 Å². The molecule has 0 saturated heterocycles. The Morgan fingerprint density at radius 1 is 1.44 bits per heavy atom. The van der Waals surface area contributed by atoms with E-state index in [1.54, 1.807) is 7.05 Å². The fourth-order valence-corrected chi connectivity index (χ4v) is 1.96. The van der Waals surface area contributed by atoms with Crippen LogP contribution in [-0.2, 0) is 17.9 Å². The summed E-state index contributed by atoms with van der Waals surface area (Å²) in [5.74, 6) is 0.568. The molecule has 1 atom stereocenters.